The molecule has 0 spiro atoms. The second-order valence-corrected chi connectivity index (χ2v) is 4.17. The van der Waals surface area contributed by atoms with Gasteiger partial charge in [0.2, 0.25) is 0 Å². The van der Waals surface area contributed by atoms with Gasteiger partial charge < -0.3 is 15.9 Å². The fraction of sp³-hybridized carbons (Fsp3) is 0.400. The molecule has 5 heteroatoms. The summed E-state index contributed by atoms with van der Waals surface area (Å²) in [7, 11) is 0. The van der Waals surface area contributed by atoms with Gasteiger partial charge in [0.1, 0.15) is 11.9 Å². The summed E-state index contributed by atoms with van der Waals surface area (Å²) in [5.41, 5.74) is 5.31. The van der Waals surface area contributed by atoms with E-state index >= 15 is 0 Å². The molecule has 4 N–H and O–H groups in total. The van der Waals surface area contributed by atoms with Gasteiger partial charge in [-0.25, -0.2) is 4.39 Å². The molecule has 0 amide bonds. The Morgan fingerprint density at radius 2 is 2.07 bits per heavy atom. The molecular formula is C10H13BrFNO2. The fourth-order valence-electron chi connectivity index (χ4n) is 1.28. The Kier molecular flexibility index (Phi) is 4.66. The van der Waals surface area contributed by atoms with Crippen LogP contribution in [-0.4, -0.2) is 22.9 Å². The van der Waals surface area contributed by atoms with Crippen molar-refractivity contribution >= 4 is 15.9 Å². The molecule has 15 heavy (non-hydrogen) atoms. The fourth-order valence-corrected chi connectivity index (χ4v) is 1.66. The summed E-state index contributed by atoms with van der Waals surface area (Å²) < 4.78 is 13.9. The molecule has 0 bridgehead atoms. The van der Waals surface area contributed by atoms with Crippen LogP contribution >= 0.6 is 15.9 Å². The van der Waals surface area contributed by atoms with Crippen LogP contribution in [0.2, 0.25) is 0 Å². The minimum Gasteiger partial charge on any atom is -0.390 e. The maximum Gasteiger partial charge on any atom is 0.129 e. The summed E-state index contributed by atoms with van der Waals surface area (Å²) in [6.45, 7) is 0.244. The third-order valence-electron chi connectivity index (χ3n) is 2.10. The molecule has 0 aliphatic rings. The summed E-state index contributed by atoms with van der Waals surface area (Å²) in [5, 5.41) is 19.1. The van der Waals surface area contributed by atoms with Crippen LogP contribution in [0.5, 0.6) is 0 Å². The molecule has 0 radical (unpaired) electrons. The minimum absolute atomic E-state index is 0.0744. The van der Waals surface area contributed by atoms with Gasteiger partial charge in [-0.3, -0.25) is 0 Å². The number of hydrogen-bond donors (Lipinski definition) is 3. The minimum atomic E-state index is -1.24. The zero-order valence-corrected chi connectivity index (χ0v) is 9.61. The van der Waals surface area contributed by atoms with Gasteiger partial charge in [-0.1, -0.05) is 15.9 Å². The Morgan fingerprint density at radius 1 is 1.40 bits per heavy atom. The summed E-state index contributed by atoms with van der Waals surface area (Å²) in [5.74, 6) is -0.540. The zero-order chi connectivity index (χ0) is 11.4. The highest BCUT2D eigenvalue weighted by atomic mass is 79.9. The number of halogens is 2. The van der Waals surface area contributed by atoms with Crippen LogP contribution in [0.15, 0.2) is 22.7 Å². The molecule has 0 aliphatic heterocycles. The Morgan fingerprint density at radius 3 is 2.67 bits per heavy atom. The van der Waals surface area contributed by atoms with Gasteiger partial charge in [0.15, 0.2) is 0 Å². The molecule has 0 heterocycles. The first-order chi connectivity index (χ1) is 7.06. The first-order valence-electron chi connectivity index (χ1n) is 4.57. The number of nitrogens with two attached hydrogens (primary N) is 1. The molecular weight excluding hydrogens is 265 g/mol. The molecule has 0 fully saturated rings. The van der Waals surface area contributed by atoms with Gasteiger partial charge in [-0.2, -0.15) is 0 Å². The predicted molar refractivity (Wildman–Crippen MR) is 58.7 cm³/mol. The molecule has 0 saturated carbocycles. The van der Waals surface area contributed by atoms with E-state index in [0.717, 1.165) is 0 Å². The second kappa shape index (κ2) is 5.55. The summed E-state index contributed by atoms with van der Waals surface area (Å²) in [6, 6.07) is 4.21. The van der Waals surface area contributed by atoms with Crippen molar-refractivity contribution in [2.45, 2.75) is 18.6 Å². The zero-order valence-electron chi connectivity index (χ0n) is 8.03. The SMILES string of the molecule is NCCC(O)C(O)c1cc(Br)ccc1F. The summed E-state index contributed by atoms with van der Waals surface area (Å²) in [4.78, 5) is 0. The first kappa shape index (κ1) is 12.6. The van der Waals surface area contributed by atoms with E-state index in [1.165, 1.54) is 18.2 Å². The smallest absolute Gasteiger partial charge is 0.129 e. The van der Waals surface area contributed by atoms with Crippen LogP contribution < -0.4 is 5.73 Å². The third kappa shape index (κ3) is 3.24. The molecule has 1 aromatic carbocycles. The summed E-state index contributed by atoms with van der Waals surface area (Å²) in [6.07, 6.45) is -2.06. The van der Waals surface area contributed by atoms with Gasteiger partial charge in [-0.15, -0.1) is 0 Å². The average Bonchev–Trinajstić information content (AvgIpc) is 2.21. The van der Waals surface area contributed by atoms with Crippen LogP contribution in [0.4, 0.5) is 4.39 Å². The van der Waals surface area contributed by atoms with E-state index in [1.54, 1.807) is 0 Å². The van der Waals surface area contributed by atoms with Crippen molar-refractivity contribution in [2.24, 2.45) is 5.73 Å². The molecule has 3 nitrogen and oxygen atoms in total. The van der Waals surface area contributed by atoms with Crippen molar-refractivity contribution in [1.29, 1.82) is 0 Å². The predicted octanol–water partition coefficient (Wildman–Crippen LogP) is 1.33. The van der Waals surface area contributed by atoms with Crippen molar-refractivity contribution in [2.75, 3.05) is 6.54 Å². The molecule has 1 rings (SSSR count). The van der Waals surface area contributed by atoms with Crippen LogP contribution in [0.3, 0.4) is 0 Å². The van der Waals surface area contributed by atoms with Gasteiger partial charge in [0.05, 0.1) is 6.10 Å². The van der Waals surface area contributed by atoms with Crippen molar-refractivity contribution in [3.8, 4) is 0 Å². The van der Waals surface area contributed by atoms with Gasteiger partial charge in [0.25, 0.3) is 0 Å². The lowest BCUT2D eigenvalue weighted by Crippen LogP contribution is -2.22. The summed E-state index contributed by atoms with van der Waals surface area (Å²) >= 11 is 3.17. The van der Waals surface area contributed by atoms with E-state index in [2.05, 4.69) is 15.9 Å². The Hall–Kier alpha value is -0.490. The van der Waals surface area contributed by atoms with E-state index in [4.69, 9.17) is 5.73 Å². The molecule has 0 saturated heterocycles. The number of hydrogen-bond acceptors (Lipinski definition) is 3. The topological polar surface area (TPSA) is 66.5 Å². The molecule has 0 aliphatic carbocycles. The average molecular weight is 278 g/mol. The molecule has 0 aromatic heterocycles. The van der Waals surface area contributed by atoms with Crippen LogP contribution in [-0.2, 0) is 0 Å². The number of benzene rings is 1. The van der Waals surface area contributed by atoms with Gasteiger partial charge in [0, 0.05) is 10.0 Å². The molecule has 1 aromatic rings. The maximum atomic E-state index is 13.3. The lowest BCUT2D eigenvalue weighted by atomic mass is 10.0. The molecule has 2 unspecified atom stereocenters. The number of aliphatic hydroxyl groups excluding tert-OH is 2. The van der Waals surface area contributed by atoms with E-state index < -0.39 is 18.0 Å². The van der Waals surface area contributed by atoms with Crippen molar-refractivity contribution in [3.63, 3.8) is 0 Å². The highest BCUT2D eigenvalue weighted by molar-refractivity contribution is 9.10. The van der Waals surface area contributed by atoms with E-state index in [0.29, 0.717) is 4.47 Å². The monoisotopic (exact) mass is 277 g/mol. The quantitative estimate of drug-likeness (QED) is 0.778. The third-order valence-corrected chi connectivity index (χ3v) is 2.60. The molecule has 84 valence electrons. The number of rotatable bonds is 4. The molecule has 2 atom stereocenters. The van der Waals surface area contributed by atoms with Crippen LogP contribution in [0, 0.1) is 5.82 Å². The second-order valence-electron chi connectivity index (χ2n) is 3.26. The number of aliphatic hydroxyl groups is 2. The largest absolute Gasteiger partial charge is 0.390 e. The standard InChI is InChI=1S/C10H13BrFNO2/c11-6-1-2-8(12)7(5-6)10(15)9(14)3-4-13/h1-2,5,9-10,14-15H,3-4,13H2. The van der Waals surface area contributed by atoms with E-state index in [9.17, 15) is 14.6 Å². The Labute approximate surface area is 95.9 Å². The van der Waals surface area contributed by atoms with Crippen LogP contribution in [0.25, 0.3) is 0 Å². The highest BCUT2D eigenvalue weighted by Crippen LogP contribution is 2.24. The Bertz CT molecular complexity index is 335. The van der Waals surface area contributed by atoms with E-state index in [-0.39, 0.29) is 18.5 Å². The van der Waals surface area contributed by atoms with Crippen LogP contribution in [0.1, 0.15) is 18.1 Å². The van der Waals surface area contributed by atoms with E-state index in [1.807, 2.05) is 0 Å². The first-order valence-corrected chi connectivity index (χ1v) is 5.36. The lowest BCUT2D eigenvalue weighted by molar-refractivity contribution is 0.0129. The van der Waals surface area contributed by atoms with Crippen molar-refractivity contribution in [1.82, 2.24) is 0 Å². The van der Waals surface area contributed by atoms with Gasteiger partial charge in [-0.05, 0) is 31.2 Å². The highest BCUT2D eigenvalue weighted by Gasteiger charge is 2.20. The maximum absolute atomic E-state index is 13.3. The Balaban J connectivity index is 2.89. The normalized spacial score (nSPS) is 15.0. The lowest BCUT2D eigenvalue weighted by Gasteiger charge is -2.18. The van der Waals surface area contributed by atoms with Gasteiger partial charge >= 0.3 is 0 Å². The van der Waals surface area contributed by atoms with Crippen molar-refractivity contribution in [3.05, 3.63) is 34.1 Å². The van der Waals surface area contributed by atoms with Crippen molar-refractivity contribution < 1.29 is 14.6 Å².